The van der Waals surface area contributed by atoms with E-state index in [2.05, 4.69) is 24.0 Å². The molecule has 0 bridgehead atoms. The van der Waals surface area contributed by atoms with Gasteiger partial charge >= 0.3 is 0 Å². The van der Waals surface area contributed by atoms with Crippen molar-refractivity contribution in [2.45, 2.75) is 25.0 Å². The molecule has 0 saturated carbocycles. The average Bonchev–Trinajstić information content (AvgIpc) is 2.33. The van der Waals surface area contributed by atoms with Gasteiger partial charge < -0.3 is 4.57 Å². The van der Waals surface area contributed by atoms with Gasteiger partial charge in [-0.3, -0.25) is 0 Å². The Labute approximate surface area is 64.8 Å². The lowest BCUT2D eigenvalue weighted by molar-refractivity contribution is 0.550. The molecule has 0 spiro atoms. The van der Waals surface area contributed by atoms with Crippen LogP contribution in [0.15, 0.2) is 11.5 Å². The van der Waals surface area contributed by atoms with Gasteiger partial charge in [0.25, 0.3) is 0 Å². The second-order valence-corrected chi connectivity index (χ2v) is 3.09. The monoisotopic (exact) mass is 157 g/mol. The molecule has 0 aliphatic carbocycles. The summed E-state index contributed by atoms with van der Waals surface area (Å²) in [5.41, 5.74) is 0. The van der Waals surface area contributed by atoms with E-state index in [1.54, 1.807) is 18.1 Å². The first kappa shape index (κ1) is 7.60. The second kappa shape index (κ2) is 3.05. The third kappa shape index (κ3) is 1.31. The van der Waals surface area contributed by atoms with Gasteiger partial charge in [-0.2, -0.15) is 0 Å². The summed E-state index contributed by atoms with van der Waals surface area (Å²) in [6, 6.07) is 0.456. The first-order chi connectivity index (χ1) is 4.75. The van der Waals surface area contributed by atoms with E-state index in [0.717, 1.165) is 5.16 Å². The van der Waals surface area contributed by atoms with Crippen molar-refractivity contribution in [3.05, 3.63) is 6.33 Å². The molecule has 0 aliphatic heterocycles. The molecule has 0 atom stereocenters. The molecule has 0 aromatic carbocycles. The Morgan fingerprint density at radius 3 is 2.70 bits per heavy atom. The van der Waals surface area contributed by atoms with Crippen LogP contribution in [0.25, 0.3) is 0 Å². The van der Waals surface area contributed by atoms with Crippen molar-refractivity contribution in [3.63, 3.8) is 0 Å². The molecule has 3 nitrogen and oxygen atoms in total. The van der Waals surface area contributed by atoms with E-state index in [1.165, 1.54) is 0 Å². The first-order valence-electron chi connectivity index (χ1n) is 3.19. The number of hydrogen-bond acceptors (Lipinski definition) is 3. The molecule has 4 heteroatoms. The predicted octanol–water partition coefficient (Wildman–Crippen LogP) is 1.58. The van der Waals surface area contributed by atoms with E-state index in [1.807, 2.05) is 10.8 Å². The van der Waals surface area contributed by atoms with Crippen LogP contribution in [0, 0.1) is 0 Å². The van der Waals surface area contributed by atoms with Crippen LogP contribution >= 0.6 is 11.8 Å². The summed E-state index contributed by atoms with van der Waals surface area (Å²) in [5, 5.41) is 8.72. The van der Waals surface area contributed by atoms with Crippen molar-refractivity contribution in [2.75, 3.05) is 6.26 Å². The summed E-state index contributed by atoms with van der Waals surface area (Å²) in [7, 11) is 0. The van der Waals surface area contributed by atoms with Crippen molar-refractivity contribution in [2.24, 2.45) is 0 Å². The van der Waals surface area contributed by atoms with Crippen LogP contribution in [0.1, 0.15) is 19.9 Å². The highest BCUT2D eigenvalue weighted by molar-refractivity contribution is 7.98. The lowest BCUT2D eigenvalue weighted by atomic mass is 10.4. The summed E-state index contributed by atoms with van der Waals surface area (Å²) in [5.74, 6) is 0. The summed E-state index contributed by atoms with van der Waals surface area (Å²) in [6.45, 7) is 4.23. The molecule has 0 fully saturated rings. The zero-order valence-electron chi connectivity index (χ0n) is 6.40. The molecule has 1 aromatic rings. The predicted molar refractivity (Wildman–Crippen MR) is 42.2 cm³/mol. The second-order valence-electron chi connectivity index (χ2n) is 2.32. The number of rotatable bonds is 2. The highest BCUT2D eigenvalue weighted by atomic mass is 32.2. The molecule has 0 unspecified atom stereocenters. The summed E-state index contributed by atoms with van der Waals surface area (Å²) in [6.07, 6.45) is 3.76. The van der Waals surface area contributed by atoms with Crippen LogP contribution in [0.3, 0.4) is 0 Å². The van der Waals surface area contributed by atoms with E-state index in [4.69, 9.17) is 0 Å². The summed E-state index contributed by atoms with van der Waals surface area (Å²) in [4.78, 5) is 0. The van der Waals surface area contributed by atoms with E-state index >= 15 is 0 Å². The van der Waals surface area contributed by atoms with Gasteiger partial charge in [0.15, 0.2) is 5.16 Å². The zero-order valence-corrected chi connectivity index (χ0v) is 7.22. The minimum absolute atomic E-state index is 0.456. The number of aromatic nitrogens is 3. The maximum atomic E-state index is 3.93. The van der Waals surface area contributed by atoms with E-state index in [0.29, 0.717) is 6.04 Å². The highest BCUT2D eigenvalue weighted by Crippen LogP contribution is 2.14. The Morgan fingerprint density at radius 2 is 2.30 bits per heavy atom. The SMILES string of the molecule is CSc1nncn1C(C)C. The standard InChI is InChI=1S/C6H11N3S/c1-5(2)9-4-7-8-6(9)10-3/h4-5H,1-3H3. The van der Waals surface area contributed by atoms with Gasteiger partial charge in [0.05, 0.1) is 0 Å². The van der Waals surface area contributed by atoms with Crippen molar-refractivity contribution in [3.8, 4) is 0 Å². The Hall–Kier alpha value is -0.510. The normalized spacial score (nSPS) is 10.8. The Kier molecular flexibility index (Phi) is 2.32. The Balaban J connectivity index is 2.90. The molecule has 0 saturated heterocycles. The highest BCUT2D eigenvalue weighted by Gasteiger charge is 2.03. The van der Waals surface area contributed by atoms with Gasteiger partial charge in [-0.25, -0.2) is 0 Å². The maximum absolute atomic E-state index is 3.93. The maximum Gasteiger partial charge on any atom is 0.190 e. The number of thioether (sulfide) groups is 1. The third-order valence-corrected chi connectivity index (χ3v) is 1.94. The van der Waals surface area contributed by atoms with E-state index in [9.17, 15) is 0 Å². The van der Waals surface area contributed by atoms with Gasteiger partial charge in [0.1, 0.15) is 6.33 Å². The van der Waals surface area contributed by atoms with Crippen LogP contribution in [0.2, 0.25) is 0 Å². The van der Waals surface area contributed by atoms with Crippen LogP contribution in [-0.2, 0) is 0 Å². The largest absolute Gasteiger partial charge is 0.306 e. The molecular formula is C6H11N3S. The van der Waals surface area contributed by atoms with Crippen LogP contribution in [0.5, 0.6) is 0 Å². The molecule has 1 rings (SSSR count). The van der Waals surface area contributed by atoms with Crippen LogP contribution in [0.4, 0.5) is 0 Å². The van der Waals surface area contributed by atoms with E-state index < -0.39 is 0 Å². The number of hydrogen-bond donors (Lipinski definition) is 0. The Bertz CT molecular complexity index is 207. The summed E-state index contributed by atoms with van der Waals surface area (Å²) >= 11 is 1.62. The van der Waals surface area contributed by atoms with Crippen molar-refractivity contribution in [1.29, 1.82) is 0 Å². The molecular weight excluding hydrogens is 146 g/mol. The number of nitrogens with zero attached hydrogens (tertiary/aromatic N) is 3. The van der Waals surface area contributed by atoms with E-state index in [-0.39, 0.29) is 0 Å². The molecule has 10 heavy (non-hydrogen) atoms. The molecule has 0 amide bonds. The molecule has 56 valence electrons. The fraction of sp³-hybridized carbons (Fsp3) is 0.667. The minimum Gasteiger partial charge on any atom is -0.306 e. The van der Waals surface area contributed by atoms with Crippen molar-refractivity contribution in [1.82, 2.24) is 14.8 Å². The van der Waals surface area contributed by atoms with Crippen molar-refractivity contribution >= 4 is 11.8 Å². The smallest absolute Gasteiger partial charge is 0.190 e. The van der Waals surface area contributed by atoms with Gasteiger partial charge in [0, 0.05) is 6.04 Å². The topological polar surface area (TPSA) is 30.7 Å². The molecule has 0 N–H and O–H groups in total. The molecule has 0 aliphatic rings. The summed E-state index contributed by atoms with van der Waals surface area (Å²) < 4.78 is 2.05. The van der Waals surface area contributed by atoms with Gasteiger partial charge in [-0.15, -0.1) is 10.2 Å². The lowest BCUT2D eigenvalue weighted by Crippen LogP contribution is -1.99. The Morgan fingerprint density at radius 1 is 1.60 bits per heavy atom. The zero-order chi connectivity index (χ0) is 7.56. The quantitative estimate of drug-likeness (QED) is 0.611. The molecule has 0 radical (unpaired) electrons. The van der Waals surface area contributed by atoms with Gasteiger partial charge in [-0.05, 0) is 20.1 Å². The third-order valence-electron chi connectivity index (χ3n) is 1.28. The van der Waals surface area contributed by atoms with Crippen LogP contribution in [-0.4, -0.2) is 21.0 Å². The van der Waals surface area contributed by atoms with Gasteiger partial charge in [0.2, 0.25) is 0 Å². The molecule has 1 aromatic heterocycles. The fourth-order valence-corrected chi connectivity index (χ4v) is 1.33. The van der Waals surface area contributed by atoms with Crippen LogP contribution < -0.4 is 0 Å². The average molecular weight is 157 g/mol. The minimum atomic E-state index is 0.456. The van der Waals surface area contributed by atoms with Gasteiger partial charge in [-0.1, -0.05) is 11.8 Å². The fourth-order valence-electron chi connectivity index (χ4n) is 0.732. The first-order valence-corrected chi connectivity index (χ1v) is 4.41. The lowest BCUT2D eigenvalue weighted by Gasteiger charge is -2.06. The van der Waals surface area contributed by atoms with Crippen molar-refractivity contribution < 1.29 is 0 Å². The molecule has 1 heterocycles.